The summed E-state index contributed by atoms with van der Waals surface area (Å²) in [6, 6.07) is 0.587. The van der Waals surface area contributed by atoms with Crippen LogP contribution in [0.4, 0.5) is 0 Å². The van der Waals surface area contributed by atoms with Gasteiger partial charge in [0.25, 0.3) is 0 Å². The van der Waals surface area contributed by atoms with Crippen molar-refractivity contribution in [2.45, 2.75) is 63.6 Å². The first-order chi connectivity index (χ1) is 12.8. The molecule has 0 spiro atoms. The van der Waals surface area contributed by atoms with Crippen LogP contribution in [0.5, 0.6) is 0 Å². The Morgan fingerprint density at radius 1 is 1.26 bits per heavy atom. The standard InChI is InChI=1S/C18H34N6OS.HI/c1-4-19-17(21-13-14-25-5-2)20-12-8-11-16-22-23-18(26-3)24(16)15-9-6-7-10-15;/h15H,4-14H2,1-3H3,(H2,19,20,21);1H. The Morgan fingerprint density at radius 2 is 2.04 bits per heavy atom. The number of rotatable bonds is 11. The average Bonchev–Trinajstić information content (AvgIpc) is 3.31. The molecule has 2 rings (SSSR count). The van der Waals surface area contributed by atoms with Crippen LogP contribution in [0.1, 0.15) is 57.8 Å². The predicted octanol–water partition coefficient (Wildman–Crippen LogP) is 3.26. The molecule has 156 valence electrons. The van der Waals surface area contributed by atoms with Crippen LogP contribution in [0.15, 0.2) is 10.1 Å². The highest BCUT2D eigenvalue weighted by Crippen LogP contribution is 2.33. The maximum absolute atomic E-state index is 5.36. The van der Waals surface area contributed by atoms with Crippen LogP contribution >= 0.6 is 35.7 Å². The Bertz CT molecular complexity index is 548. The number of halogens is 1. The van der Waals surface area contributed by atoms with Gasteiger partial charge >= 0.3 is 0 Å². The molecule has 2 N–H and O–H groups in total. The molecular formula is C18H35IN6OS. The Balaban J connectivity index is 0.00000364. The van der Waals surface area contributed by atoms with E-state index in [4.69, 9.17) is 4.74 Å². The number of hydrogen-bond acceptors (Lipinski definition) is 5. The van der Waals surface area contributed by atoms with E-state index in [0.29, 0.717) is 12.6 Å². The summed E-state index contributed by atoms with van der Waals surface area (Å²) in [5, 5.41) is 16.5. The van der Waals surface area contributed by atoms with E-state index in [1.807, 2.05) is 6.92 Å². The summed E-state index contributed by atoms with van der Waals surface area (Å²) in [7, 11) is 0. The number of ether oxygens (including phenoxy) is 1. The maximum Gasteiger partial charge on any atom is 0.191 e. The topological polar surface area (TPSA) is 76.4 Å². The highest BCUT2D eigenvalue weighted by Gasteiger charge is 2.23. The van der Waals surface area contributed by atoms with Gasteiger partial charge < -0.3 is 19.9 Å². The number of nitrogens with zero attached hydrogens (tertiary/aromatic N) is 4. The van der Waals surface area contributed by atoms with E-state index in [1.54, 1.807) is 11.8 Å². The normalized spacial score (nSPS) is 15.0. The third-order valence-electron chi connectivity index (χ3n) is 4.52. The number of thioether (sulfide) groups is 1. The van der Waals surface area contributed by atoms with Gasteiger partial charge in [-0.3, -0.25) is 4.99 Å². The van der Waals surface area contributed by atoms with Gasteiger partial charge in [0, 0.05) is 38.7 Å². The summed E-state index contributed by atoms with van der Waals surface area (Å²) in [6.45, 7) is 7.92. The largest absolute Gasteiger partial charge is 0.380 e. The van der Waals surface area contributed by atoms with Crippen molar-refractivity contribution in [2.75, 3.05) is 39.1 Å². The lowest BCUT2D eigenvalue weighted by Crippen LogP contribution is -2.39. The molecule has 1 heterocycles. The van der Waals surface area contributed by atoms with Crippen LogP contribution in [-0.2, 0) is 11.2 Å². The molecule has 0 unspecified atom stereocenters. The zero-order chi connectivity index (χ0) is 18.6. The van der Waals surface area contributed by atoms with Gasteiger partial charge in [-0.1, -0.05) is 24.6 Å². The quantitative estimate of drug-likeness (QED) is 0.157. The van der Waals surface area contributed by atoms with Crippen molar-refractivity contribution < 1.29 is 4.74 Å². The van der Waals surface area contributed by atoms with Crippen LogP contribution in [-0.4, -0.2) is 59.8 Å². The summed E-state index contributed by atoms with van der Waals surface area (Å²) in [5.74, 6) is 1.97. The minimum absolute atomic E-state index is 0. The SMILES string of the molecule is CCNC(=NCCCc1nnc(SC)n1C1CCCC1)NCCOCC.I. The second-order valence-corrected chi connectivity index (χ2v) is 7.17. The zero-order valence-electron chi connectivity index (χ0n) is 16.9. The van der Waals surface area contributed by atoms with Crippen molar-refractivity contribution in [2.24, 2.45) is 4.99 Å². The van der Waals surface area contributed by atoms with E-state index in [2.05, 4.69) is 43.6 Å². The van der Waals surface area contributed by atoms with Crippen molar-refractivity contribution in [3.8, 4) is 0 Å². The van der Waals surface area contributed by atoms with Crippen LogP contribution in [0.3, 0.4) is 0 Å². The number of nitrogens with one attached hydrogen (secondary N) is 2. The van der Waals surface area contributed by atoms with Crippen molar-refractivity contribution in [1.82, 2.24) is 25.4 Å². The van der Waals surface area contributed by atoms with Crippen molar-refractivity contribution >= 4 is 41.7 Å². The molecular weight excluding hydrogens is 475 g/mol. The summed E-state index contributed by atoms with van der Waals surface area (Å²) < 4.78 is 7.74. The fourth-order valence-corrected chi connectivity index (χ4v) is 3.88. The van der Waals surface area contributed by atoms with Crippen LogP contribution in [0.25, 0.3) is 0 Å². The molecule has 0 aromatic carbocycles. The van der Waals surface area contributed by atoms with Crippen LogP contribution < -0.4 is 10.6 Å². The number of guanidine groups is 1. The van der Waals surface area contributed by atoms with Gasteiger partial charge in [-0.15, -0.1) is 34.2 Å². The third kappa shape index (κ3) is 8.15. The molecule has 0 saturated heterocycles. The fraction of sp³-hybridized carbons (Fsp3) is 0.833. The first kappa shape index (κ1) is 24.5. The molecule has 1 aromatic rings. The van der Waals surface area contributed by atoms with Gasteiger partial charge in [0.05, 0.1) is 6.61 Å². The van der Waals surface area contributed by atoms with Crippen molar-refractivity contribution in [1.29, 1.82) is 0 Å². The van der Waals surface area contributed by atoms with Gasteiger partial charge in [-0.05, 0) is 39.4 Å². The Kier molecular flexibility index (Phi) is 13.1. The van der Waals surface area contributed by atoms with E-state index in [1.165, 1.54) is 25.7 Å². The molecule has 1 aromatic heterocycles. The zero-order valence-corrected chi connectivity index (χ0v) is 20.0. The molecule has 0 bridgehead atoms. The lowest BCUT2D eigenvalue weighted by atomic mass is 10.2. The van der Waals surface area contributed by atoms with Gasteiger partial charge in [0.1, 0.15) is 5.82 Å². The first-order valence-electron chi connectivity index (χ1n) is 9.87. The second-order valence-electron chi connectivity index (χ2n) is 6.40. The summed E-state index contributed by atoms with van der Waals surface area (Å²) in [6.07, 6.45) is 9.13. The maximum atomic E-state index is 5.36. The number of hydrogen-bond donors (Lipinski definition) is 2. The average molecular weight is 510 g/mol. The van der Waals surface area contributed by atoms with E-state index < -0.39 is 0 Å². The number of aromatic nitrogens is 3. The molecule has 0 radical (unpaired) electrons. The van der Waals surface area contributed by atoms with Gasteiger partial charge in [0.2, 0.25) is 0 Å². The van der Waals surface area contributed by atoms with Gasteiger partial charge in [0.15, 0.2) is 11.1 Å². The number of aliphatic imine (C=N–C) groups is 1. The molecule has 0 aliphatic heterocycles. The van der Waals surface area contributed by atoms with Gasteiger partial charge in [-0.2, -0.15) is 0 Å². The van der Waals surface area contributed by atoms with E-state index >= 15 is 0 Å². The minimum atomic E-state index is 0. The molecule has 27 heavy (non-hydrogen) atoms. The highest BCUT2D eigenvalue weighted by molar-refractivity contribution is 14.0. The van der Waals surface area contributed by atoms with E-state index in [9.17, 15) is 0 Å². The summed E-state index contributed by atoms with van der Waals surface area (Å²) in [5.41, 5.74) is 0. The monoisotopic (exact) mass is 510 g/mol. The summed E-state index contributed by atoms with van der Waals surface area (Å²) in [4.78, 5) is 4.66. The molecule has 1 fully saturated rings. The summed E-state index contributed by atoms with van der Waals surface area (Å²) >= 11 is 1.70. The molecule has 7 nitrogen and oxygen atoms in total. The molecule has 0 amide bonds. The predicted molar refractivity (Wildman–Crippen MR) is 124 cm³/mol. The molecule has 1 saturated carbocycles. The lowest BCUT2D eigenvalue weighted by molar-refractivity contribution is 0.152. The Labute approximate surface area is 184 Å². The molecule has 1 aliphatic rings. The Morgan fingerprint density at radius 3 is 2.70 bits per heavy atom. The second kappa shape index (κ2) is 14.4. The number of aryl methyl sites for hydroxylation is 1. The minimum Gasteiger partial charge on any atom is -0.380 e. The van der Waals surface area contributed by atoms with Crippen LogP contribution in [0.2, 0.25) is 0 Å². The van der Waals surface area contributed by atoms with Crippen molar-refractivity contribution in [3.63, 3.8) is 0 Å². The highest BCUT2D eigenvalue weighted by atomic mass is 127. The third-order valence-corrected chi connectivity index (χ3v) is 5.17. The first-order valence-corrected chi connectivity index (χ1v) is 11.1. The molecule has 1 aliphatic carbocycles. The molecule has 9 heteroatoms. The molecule has 0 atom stereocenters. The fourth-order valence-electron chi connectivity index (χ4n) is 3.30. The van der Waals surface area contributed by atoms with E-state index in [0.717, 1.165) is 56.0 Å². The smallest absolute Gasteiger partial charge is 0.191 e. The van der Waals surface area contributed by atoms with Gasteiger partial charge in [-0.25, -0.2) is 0 Å². The Hall–Kier alpha value is -0.550. The lowest BCUT2D eigenvalue weighted by Gasteiger charge is -2.16. The van der Waals surface area contributed by atoms with E-state index in [-0.39, 0.29) is 24.0 Å². The van der Waals surface area contributed by atoms with Crippen LogP contribution in [0, 0.1) is 0 Å². The van der Waals surface area contributed by atoms with Crippen molar-refractivity contribution in [3.05, 3.63) is 5.82 Å².